The largest absolute Gasteiger partial charge is 0.309 e. The van der Waals surface area contributed by atoms with Crippen LogP contribution in [-0.4, -0.2) is 16.5 Å². The summed E-state index contributed by atoms with van der Waals surface area (Å²) in [6.45, 7) is 1.09. The molecule has 0 aromatic carbocycles. The van der Waals surface area contributed by atoms with Gasteiger partial charge in [-0.2, -0.15) is 0 Å². The van der Waals surface area contributed by atoms with Crippen LogP contribution in [-0.2, 0) is 0 Å². The molecule has 5 heteroatoms. The van der Waals surface area contributed by atoms with Crippen LogP contribution < -0.4 is 5.32 Å². The lowest BCUT2D eigenvalue weighted by atomic mass is 10.2. The van der Waals surface area contributed by atoms with Crippen molar-refractivity contribution in [1.29, 1.82) is 0 Å². The van der Waals surface area contributed by atoms with Gasteiger partial charge in [0.1, 0.15) is 10.7 Å². The van der Waals surface area contributed by atoms with E-state index in [-0.39, 0.29) is 0 Å². The summed E-state index contributed by atoms with van der Waals surface area (Å²) in [6.07, 6.45) is 4.14. The maximum Gasteiger partial charge on any atom is 0.143 e. The first kappa shape index (κ1) is 11.1. The third-order valence-electron chi connectivity index (χ3n) is 2.90. The Bertz CT molecular complexity index is 520. The molecule has 3 nitrogen and oxygen atoms in total. The number of hydrogen-bond acceptors (Lipinski definition) is 4. The lowest BCUT2D eigenvalue weighted by Crippen LogP contribution is -2.12. The number of aromatic nitrogens is 2. The molecule has 1 aliphatic rings. The number of nitrogens with one attached hydrogen (secondary N) is 1. The van der Waals surface area contributed by atoms with Gasteiger partial charge in [-0.1, -0.05) is 11.6 Å². The Labute approximate surface area is 109 Å². The van der Waals surface area contributed by atoms with Crippen molar-refractivity contribution in [3.05, 3.63) is 34.4 Å². The number of nitrogens with zero attached hydrogens (tertiary/aromatic N) is 2. The number of pyridine rings is 1. The summed E-state index contributed by atoms with van der Waals surface area (Å²) in [4.78, 5) is 8.92. The van der Waals surface area contributed by atoms with Crippen molar-refractivity contribution in [2.75, 3.05) is 6.54 Å². The minimum absolute atomic E-state index is 0.405. The van der Waals surface area contributed by atoms with Gasteiger partial charge < -0.3 is 5.32 Å². The number of thiazole rings is 1. The van der Waals surface area contributed by atoms with Crippen LogP contribution in [0.3, 0.4) is 0 Å². The van der Waals surface area contributed by atoms with Gasteiger partial charge >= 0.3 is 0 Å². The van der Waals surface area contributed by atoms with Crippen LogP contribution in [0.5, 0.6) is 0 Å². The summed E-state index contributed by atoms with van der Waals surface area (Å²) >= 11 is 7.72. The zero-order valence-corrected chi connectivity index (χ0v) is 10.8. The van der Waals surface area contributed by atoms with Gasteiger partial charge in [-0.15, -0.1) is 11.3 Å². The van der Waals surface area contributed by atoms with Gasteiger partial charge in [0.2, 0.25) is 0 Å². The average molecular weight is 266 g/mol. The predicted molar refractivity (Wildman–Crippen MR) is 70.3 cm³/mol. The fourth-order valence-corrected chi connectivity index (χ4v) is 3.18. The molecule has 0 amide bonds. The van der Waals surface area contributed by atoms with E-state index >= 15 is 0 Å². The number of rotatable bonds is 2. The van der Waals surface area contributed by atoms with Crippen LogP contribution in [0.2, 0.25) is 5.02 Å². The Balaban J connectivity index is 1.92. The van der Waals surface area contributed by atoms with Crippen LogP contribution in [0.15, 0.2) is 23.7 Å². The lowest BCUT2D eigenvalue weighted by Gasteiger charge is -2.05. The smallest absolute Gasteiger partial charge is 0.143 e. The summed E-state index contributed by atoms with van der Waals surface area (Å²) in [6, 6.07) is 4.08. The van der Waals surface area contributed by atoms with Gasteiger partial charge in [0, 0.05) is 11.6 Å². The molecule has 1 fully saturated rings. The quantitative estimate of drug-likeness (QED) is 0.906. The van der Waals surface area contributed by atoms with Crippen LogP contribution in [0.25, 0.3) is 10.7 Å². The van der Waals surface area contributed by atoms with E-state index in [0.29, 0.717) is 11.1 Å². The normalized spacial score (nSPS) is 19.7. The Hall–Kier alpha value is -0.970. The van der Waals surface area contributed by atoms with Crippen molar-refractivity contribution in [3.8, 4) is 10.7 Å². The molecule has 0 unspecified atom stereocenters. The second kappa shape index (κ2) is 4.72. The fourth-order valence-electron chi connectivity index (χ4n) is 2.04. The van der Waals surface area contributed by atoms with E-state index in [9.17, 15) is 0 Å². The average Bonchev–Trinajstić information content (AvgIpc) is 3.00. The molecule has 2 aromatic rings. The second-order valence-corrected chi connectivity index (χ2v) is 5.33. The van der Waals surface area contributed by atoms with Crippen molar-refractivity contribution < 1.29 is 0 Å². The highest BCUT2D eigenvalue weighted by Gasteiger charge is 2.19. The van der Waals surface area contributed by atoms with Crippen molar-refractivity contribution in [2.24, 2.45) is 0 Å². The fraction of sp³-hybridized carbons (Fsp3) is 0.333. The van der Waals surface area contributed by atoms with E-state index in [1.54, 1.807) is 17.5 Å². The van der Waals surface area contributed by atoms with Gasteiger partial charge in [-0.3, -0.25) is 4.98 Å². The topological polar surface area (TPSA) is 37.8 Å². The Morgan fingerprint density at radius 3 is 3.18 bits per heavy atom. The molecule has 0 bridgehead atoms. The van der Waals surface area contributed by atoms with E-state index in [1.165, 1.54) is 12.8 Å². The summed E-state index contributed by atoms with van der Waals surface area (Å²) in [5.74, 6) is 0. The van der Waals surface area contributed by atoms with Gasteiger partial charge in [0.05, 0.1) is 16.8 Å². The van der Waals surface area contributed by atoms with Crippen LogP contribution in [0, 0.1) is 0 Å². The molecule has 1 N–H and O–H groups in total. The van der Waals surface area contributed by atoms with Crippen molar-refractivity contribution >= 4 is 22.9 Å². The van der Waals surface area contributed by atoms with E-state index in [2.05, 4.69) is 20.7 Å². The molecule has 0 spiro atoms. The monoisotopic (exact) mass is 265 g/mol. The summed E-state index contributed by atoms with van der Waals surface area (Å²) in [7, 11) is 0. The molecule has 2 aromatic heterocycles. The van der Waals surface area contributed by atoms with E-state index in [0.717, 1.165) is 22.9 Å². The van der Waals surface area contributed by atoms with Crippen LogP contribution in [0.1, 0.15) is 24.6 Å². The van der Waals surface area contributed by atoms with Crippen LogP contribution in [0.4, 0.5) is 0 Å². The molecule has 1 aliphatic heterocycles. The first-order valence-electron chi connectivity index (χ1n) is 5.64. The molecule has 1 atom stereocenters. The minimum Gasteiger partial charge on any atom is -0.309 e. The zero-order chi connectivity index (χ0) is 11.7. The number of hydrogen-bond donors (Lipinski definition) is 1. The predicted octanol–water partition coefficient (Wildman–Crippen LogP) is 3.28. The molecule has 0 aliphatic carbocycles. The first-order valence-corrected chi connectivity index (χ1v) is 6.90. The lowest BCUT2D eigenvalue weighted by molar-refractivity contribution is 0.632. The zero-order valence-electron chi connectivity index (χ0n) is 9.19. The highest BCUT2D eigenvalue weighted by molar-refractivity contribution is 7.13. The highest BCUT2D eigenvalue weighted by Crippen LogP contribution is 2.31. The van der Waals surface area contributed by atoms with Crippen molar-refractivity contribution in [2.45, 2.75) is 18.9 Å². The second-order valence-electron chi connectivity index (χ2n) is 4.06. The maximum absolute atomic E-state index is 6.12. The summed E-state index contributed by atoms with van der Waals surface area (Å²) < 4.78 is 0. The van der Waals surface area contributed by atoms with Crippen molar-refractivity contribution in [3.63, 3.8) is 0 Å². The summed E-state index contributed by atoms with van der Waals surface area (Å²) in [5, 5.41) is 7.11. The molecule has 88 valence electrons. The molecular weight excluding hydrogens is 254 g/mol. The molecule has 1 saturated heterocycles. The molecule has 3 heterocycles. The maximum atomic E-state index is 6.12. The first-order chi connectivity index (χ1) is 8.34. The van der Waals surface area contributed by atoms with Gasteiger partial charge in [0.25, 0.3) is 0 Å². The van der Waals surface area contributed by atoms with Gasteiger partial charge in [-0.25, -0.2) is 4.98 Å². The van der Waals surface area contributed by atoms with E-state index in [1.807, 2.05) is 12.1 Å². The van der Waals surface area contributed by atoms with Crippen molar-refractivity contribution in [1.82, 2.24) is 15.3 Å². The van der Waals surface area contributed by atoms with E-state index < -0.39 is 0 Å². The molecule has 0 saturated carbocycles. The Morgan fingerprint density at radius 2 is 2.41 bits per heavy atom. The third kappa shape index (κ3) is 2.20. The molecule has 3 rings (SSSR count). The molecule has 17 heavy (non-hydrogen) atoms. The Morgan fingerprint density at radius 1 is 1.47 bits per heavy atom. The van der Waals surface area contributed by atoms with Gasteiger partial charge in [-0.05, 0) is 31.5 Å². The Kier molecular flexibility index (Phi) is 3.09. The standard InChI is InChI=1S/C12H12ClN3S/c13-8-3-1-6-15-11(8)12-16-10(7-17-12)9-4-2-5-14-9/h1,3,6-7,9,14H,2,4-5H2/t9-/m0/s1. The van der Waals surface area contributed by atoms with Gasteiger partial charge in [0.15, 0.2) is 0 Å². The highest BCUT2D eigenvalue weighted by atomic mass is 35.5. The third-order valence-corrected chi connectivity index (χ3v) is 4.07. The SMILES string of the molecule is Clc1cccnc1-c1nc([C@@H]2CCCN2)cs1. The minimum atomic E-state index is 0.405. The van der Waals surface area contributed by atoms with Crippen LogP contribution >= 0.6 is 22.9 Å². The number of halogens is 1. The van der Waals surface area contributed by atoms with E-state index in [4.69, 9.17) is 11.6 Å². The molecule has 0 radical (unpaired) electrons. The summed E-state index contributed by atoms with van der Waals surface area (Å²) in [5.41, 5.74) is 1.90. The molecular formula is C12H12ClN3S.